The van der Waals surface area contributed by atoms with E-state index >= 15 is 0 Å². The Morgan fingerprint density at radius 1 is 1.12 bits per heavy atom. The summed E-state index contributed by atoms with van der Waals surface area (Å²) in [6, 6.07) is 2.34. The molecule has 17 heteroatoms. The molecule has 0 radical (unpaired) electrons. The maximum absolute atomic E-state index is 14.8. The van der Waals surface area contributed by atoms with Gasteiger partial charge in [0, 0.05) is 17.7 Å². The topological polar surface area (TPSA) is 71.0 Å². The molecule has 2 aromatic carbocycles. The molecule has 0 aliphatic carbocycles. The molecular weight excluding hydrogens is 616 g/mol. The number of nitrogens with one attached hydrogen (secondary N) is 1. The van der Waals surface area contributed by atoms with Crippen LogP contribution in [-0.2, 0) is 21.4 Å². The first-order valence-corrected chi connectivity index (χ1v) is 12.3. The Hall–Kier alpha value is -3.56. The minimum absolute atomic E-state index is 0.0496. The number of likely N-dealkylation sites (tertiary alicyclic amines) is 1. The highest BCUT2D eigenvalue weighted by molar-refractivity contribution is 6.30. The third kappa shape index (κ3) is 5.99. The number of oxime groups is 1. The summed E-state index contributed by atoms with van der Waals surface area (Å²) in [4.78, 5) is 30.1. The van der Waals surface area contributed by atoms with Crippen molar-refractivity contribution in [3.63, 3.8) is 0 Å². The summed E-state index contributed by atoms with van der Waals surface area (Å²) in [5.74, 6) is -3.56. The van der Waals surface area contributed by atoms with Crippen LogP contribution in [0.25, 0.3) is 0 Å². The van der Waals surface area contributed by atoms with Gasteiger partial charge in [-0.3, -0.25) is 9.59 Å². The highest BCUT2D eigenvalue weighted by atomic mass is 35.5. The van der Waals surface area contributed by atoms with Gasteiger partial charge in [0.25, 0.3) is 11.5 Å². The fourth-order valence-electron chi connectivity index (χ4n) is 4.66. The molecule has 0 bridgehead atoms. The predicted molar refractivity (Wildman–Crippen MR) is 126 cm³/mol. The van der Waals surface area contributed by atoms with Crippen molar-refractivity contribution in [2.24, 2.45) is 5.16 Å². The smallest absolute Gasteiger partial charge is 0.374 e. The van der Waals surface area contributed by atoms with Crippen molar-refractivity contribution >= 4 is 29.1 Å². The van der Waals surface area contributed by atoms with Crippen molar-refractivity contribution < 1.29 is 58.3 Å². The van der Waals surface area contributed by atoms with Gasteiger partial charge in [0.05, 0.1) is 22.7 Å². The van der Waals surface area contributed by atoms with Gasteiger partial charge in [0.1, 0.15) is 18.4 Å². The Morgan fingerprint density at radius 2 is 1.79 bits per heavy atom. The number of aryl methyl sites for hydroxylation is 1. The Labute approximate surface area is 235 Å². The SMILES string of the molecule is Cc1cc(C2=NO[C@](c3cc(C(F)(F)F)cc(Cl)c3F)(C(F)(F)F)C2)ccc1C(=O)N[C@H]1CCN(CC(F)(F)F)C1=O. The van der Waals surface area contributed by atoms with Crippen molar-refractivity contribution in [3.8, 4) is 0 Å². The maximum Gasteiger partial charge on any atom is 0.435 e. The molecule has 0 aromatic heterocycles. The summed E-state index contributed by atoms with van der Waals surface area (Å²) >= 11 is 5.50. The summed E-state index contributed by atoms with van der Waals surface area (Å²) < 4.78 is 135. The zero-order chi connectivity index (χ0) is 31.4. The first-order chi connectivity index (χ1) is 19.2. The molecule has 2 aliphatic heterocycles. The van der Waals surface area contributed by atoms with Gasteiger partial charge in [0.2, 0.25) is 5.91 Å². The molecule has 0 spiro atoms. The van der Waals surface area contributed by atoms with Crippen molar-refractivity contribution in [1.29, 1.82) is 0 Å². The van der Waals surface area contributed by atoms with Crippen LogP contribution in [0.1, 0.15) is 45.5 Å². The molecule has 228 valence electrons. The molecular formula is C25H18ClF10N3O3. The summed E-state index contributed by atoms with van der Waals surface area (Å²) in [6.07, 6.45) is -16.6. The average Bonchev–Trinajstić information content (AvgIpc) is 3.44. The van der Waals surface area contributed by atoms with Crippen LogP contribution in [0, 0.1) is 12.7 Å². The van der Waals surface area contributed by atoms with Gasteiger partial charge in [0.15, 0.2) is 0 Å². The number of rotatable bonds is 5. The quantitative estimate of drug-likeness (QED) is 0.394. The molecule has 1 saturated heterocycles. The van der Waals surface area contributed by atoms with Gasteiger partial charge in [-0.1, -0.05) is 22.8 Å². The van der Waals surface area contributed by atoms with E-state index < -0.39 is 82.6 Å². The number of amides is 2. The third-order valence-corrected chi connectivity index (χ3v) is 7.03. The first-order valence-electron chi connectivity index (χ1n) is 11.9. The van der Waals surface area contributed by atoms with Crippen LogP contribution in [-0.4, -0.2) is 53.9 Å². The van der Waals surface area contributed by atoms with Gasteiger partial charge in [-0.05, 0) is 48.7 Å². The molecule has 2 amide bonds. The minimum Gasteiger partial charge on any atom is -0.374 e. The standard InChI is InChI=1S/C25H18ClF10N3O3/c1-11-6-12(2-3-14(11)20(40)37-17-4-5-39(21(17)41)10-23(28,29)30)18-9-22(42-38-18,25(34,35)36)15-7-13(24(31,32)33)8-16(26)19(15)27/h2-3,6-8,17H,4-5,9-10H2,1H3,(H,37,40)/t17-,22+/m0/s1. The third-order valence-electron chi connectivity index (χ3n) is 6.75. The van der Waals surface area contributed by atoms with E-state index in [1.54, 1.807) is 0 Å². The number of nitrogens with zero attached hydrogens (tertiary/aromatic N) is 2. The largest absolute Gasteiger partial charge is 0.435 e. The summed E-state index contributed by atoms with van der Waals surface area (Å²) in [5.41, 5.74) is -7.25. The van der Waals surface area contributed by atoms with Gasteiger partial charge in [-0.15, -0.1) is 0 Å². The molecule has 0 unspecified atom stereocenters. The van der Waals surface area contributed by atoms with Crippen LogP contribution in [0.2, 0.25) is 5.02 Å². The summed E-state index contributed by atoms with van der Waals surface area (Å²) in [6.45, 7) is -0.351. The fourth-order valence-corrected chi connectivity index (χ4v) is 4.88. The lowest BCUT2D eigenvalue weighted by Gasteiger charge is -2.30. The van der Waals surface area contributed by atoms with Crippen LogP contribution in [0.4, 0.5) is 43.9 Å². The summed E-state index contributed by atoms with van der Waals surface area (Å²) in [5, 5.41) is 4.49. The highest BCUT2D eigenvalue weighted by Gasteiger charge is 2.64. The average molecular weight is 634 g/mol. The van der Waals surface area contributed by atoms with E-state index in [2.05, 4.69) is 15.3 Å². The molecule has 42 heavy (non-hydrogen) atoms. The van der Waals surface area contributed by atoms with Crippen LogP contribution < -0.4 is 5.32 Å². The zero-order valence-electron chi connectivity index (χ0n) is 21.1. The van der Waals surface area contributed by atoms with E-state index in [1.165, 1.54) is 13.0 Å². The second kappa shape index (κ2) is 10.6. The van der Waals surface area contributed by atoms with E-state index in [9.17, 15) is 53.5 Å². The lowest BCUT2D eigenvalue weighted by Crippen LogP contribution is -2.44. The van der Waals surface area contributed by atoms with Crippen molar-refractivity contribution in [1.82, 2.24) is 10.2 Å². The second-order valence-corrected chi connectivity index (χ2v) is 10.1. The lowest BCUT2D eigenvalue weighted by molar-refractivity contribution is -0.276. The Morgan fingerprint density at radius 3 is 2.36 bits per heavy atom. The number of carbonyl (C=O) groups is 2. The van der Waals surface area contributed by atoms with Gasteiger partial charge in [-0.2, -0.15) is 39.5 Å². The van der Waals surface area contributed by atoms with E-state index in [0.29, 0.717) is 4.90 Å². The number of benzene rings is 2. The van der Waals surface area contributed by atoms with E-state index in [-0.39, 0.29) is 41.8 Å². The maximum atomic E-state index is 14.8. The van der Waals surface area contributed by atoms with Gasteiger partial charge >= 0.3 is 18.5 Å². The van der Waals surface area contributed by atoms with Crippen molar-refractivity contribution in [2.75, 3.05) is 13.1 Å². The normalized spacial score (nSPS) is 21.4. The van der Waals surface area contributed by atoms with Gasteiger partial charge < -0.3 is 15.1 Å². The Balaban J connectivity index is 1.57. The minimum atomic E-state index is -5.46. The molecule has 2 heterocycles. The van der Waals surface area contributed by atoms with Crippen LogP contribution in [0.5, 0.6) is 0 Å². The zero-order valence-corrected chi connectivity index (χ0v) is 21.8. The number of carbonyl (C=O) groups excluding carboxylic acids is 2. The number of halogens is 11. The van der Waals surface area contributed by atoms with E-state index in [0.717, 1.165) is 12.1 Å². The van der Waals surface area contributed by atoms with Gasteiger partial charge in [-0.25, -0.2) is 4.39 Å². The van der Waals surface area contributed by atoms with E-state index in [1.807, 2.05) is 0 Å². The first kappa shape index (κ1) is 31.4. The summed E-state index contributed by atoms with van der Waals surface area (Å²) in [7, 11) is 0. The van der Waals surface area contributed by atoms with Crippen molar-refractivity contribution in [3.05, 3.63) is 69.0 Å². The highest BCUT2D eigenvalue weighted by Crippen LogP contribution is 2.51. The number of hydrogen-bond acceptors (Lipinski definition) is 4. The van der Waals surface area contributed by atoms with Crippen LogP contribution in [0.3, 0.4) is 0 Å². The second-order valence-electron chi connectivity index (χ2n) is 9.67. The van der Waals surface area contributed by atoms with E-state index in [4.69, 9.17) is 11.6 Å². The Kier molecular flexibility index (Phi) is 7.93. The molecule has 4 rings (SSSR count). The lowest BCUT2D eigenvalue weighted by atomic mass is 9.85. The molecule has 2 aliphatic rings. The monoisotopic (exact) mass is 633 g/mol. The number of hydrogen-bond donors (Lipinski definition) is 1. The molecule has 2 atom stereocenters. The van der Waals surface area contributed by atoms with Crippen molar-refractivity contribution in [2.45, 2.75) is 49.9 Å². The predicted octanol–water partition coefficient (Wildman–Crippen LogP) is 6.28. The Bertz CT molecular complexity index is 1450. The fraction of sp³-hybridized carbons (Fsp3) is 0.400. The molecule has 2 aromatic rings. The molecule has 1 fully saturated rings. The molecule has 1 N–H and O–H groups in total. The number of alkyl halides is 9. The van der Waals surface area contributed by atoms with Crippen LogP contribution in [0.15, 0.2) is 35.5 Å². The molecule has 0 saturated carbocycles. The van der Waals surface area contributed by atoms with Crippen LogP contribution >= 0.6 is 11.6 Å². The molecule has 6 nitrogen and oxygen atoms in total.